The van der Waals surface area contributed by atoms with Crippen molar-refractivity contribution in [1.82, 2.24) is 5.32 Å². The molecule has 1 aromatic rings. The molecule has 3 rings (SSSR count). The first-order chi connectivity index (χ1) is 11.5. The zero-order valence-electron chi connectivity index (χ0n) is 12.7. The van der Waals surface area contributed by atoms with Crippen LogP contribution < -0.4 is 5.32 Å². The second kappa shape index (κ2) is 8.86. The molecule has 0 spiro atoms. The Balaban J connectivity index is 0.000000175. The first-order valence-corrected chi connectivity index (χ1v) is 9.19. The van der Waals surface area contributed by atoms with Crippen LogP contribution in [0.5, 0.6) is 0 Å². The molecule has 0 atom stereocenters. The molecule has 0 aliphatic carbocycles. The number of benzene rings is 1. The minimum atomic E-state index is -0.421. The molecular formula is C15H16N2O5S2. The summed E-state index contributed by atoms with van der Waals surface area (Å²) in [7, 11) is 0. The van der Waals surface area contributed by atoms with Crippen LogP contribution in [-0.4, -0.2) is 40.0 Å². The lowest BCUT2D eigenvalue weighted by atomic mass is 10.1. The fourth-order valence-corrected chi connectivity index (χ4v) is 4.28. The monoisotopic (exact) mass is 368 g/mol. The number of amides is 2. The Morgan fingerprint density at radius 2 is 1.62 bits per heavy atom. The Morgan fingerprint density at radius 3 is 2.08 bits per heavy atom. The van der Waals surface area contributed by atoms with Gasteiger partial charge in [0, 0.05) is 30.2 Å². The van der Waals surface area contributed by atoms with Gasteiger partial charge in [-0.05, 0) is 18.4 Å². The summed E-state index contributed by atoms with van der Waals surface area (Å²) < 4.78 is 0. The lowest BCUT2D eigenvalue weighted by molar-refractivity contribution is -0.384. The van der Waals surface area contributed by atoms with E-state index in [1.807, 2.05) is 0 Å². The van der Waals surface area contributed by atoms with E-state index in [1.165, 1.54) is 35.7 Å². The number of carbonyl (C=O) groups excluding carboxylic acids is 2. The van der Waals surface area contributed by atoms with E-state index >= 15 is 0 Å². The molecule has 0 unspecified atom stereocenters. The largest absolute Gasteiger partial charge is 0.396 e. The average molecular weight is 368 g/mol. The fraction of sp³-hybridized carbons (Fsp3) is 0.333. The number of aliphatic hydroxyl groups is 1. The number of aryl methyl sites for hydroxylation is 1. The predicted octanol–water partition coefficient (Wildman–Crippen LogP) is 1.85. The quantitative estimate of drug-likeness (QED) is 0.474. The molecule has 2 aliphatic rings. The van der Waals surface area contributed by atoms with Crippen molar-refractivity contribution < 1.29 is 19.6 Å². The summed E-state index contributed by atoms with van der Waals surface area (Å²) in [6.07, 6.45) is 1.45. The van der Waals surface area contributed by atoms with Gasteiger partial charge in [0.15, 0.2) is 0 Å². The van der Waals surface area contributed by atoms with E-state index in [0.29, 0.717) is 16.2 Å². The van der Waals surface area contributed by atoms with Gasteiger partial charge < -0.3 is 5.11 Å². The molecule has 2 aliphatic heterocycles. The summed E-state index contributed by atoms with van der Waals surface area (Å²) in [5.74, 6) is 1.40. The number of nitro benzene ring substituents is 1. The SMILES string of the molecule is O=C1NC(=O)C2=C1SCCS2.O=[N+]([O-])c1ccc(CCCO)cc1. The zero-order chi connectivity index (χ0) is 17.5. The third-order valence-electron chi connectivity index (χ3n) is 3.19. The molecule has 0 fully saturated rings. The molecule has 2 N–H and O–H groups in total. The molecule has 0 saturated carbocycles. The highest BCUT2D eigenvalue weighted by atomic mass is 32.2. The van der Waals surface area contributed by atoms with Gasteiger partial charge in [-0.25, -0.2) is 0 Å². The van der Waals surface area contributed by atoms with Crippen LogP contribution in [0.25, 0.3) is 0 Å². The lowest BCUT2D eigenvalue weighted by Crippen LogP contribution is -2.22. The number of hydrogen-bond donors (Lipinski definition) is 2. The molecule has 0 radical (unpaired) electrons. The number of nitrogens with one attached hydrogen (secondary N) is 1. The highest BCUT2D eigenvalue weighted by Crippen LogP contribution is 2.36. The van der Waals surface area contributed by atoms with Crippen molar-refractivity contribution >= 4 is 41.0 Å². The van der Waals surface area contributed by atoms with E-state index in [-0.39, 0.29) is 24.1 Å². The summed E-state index contributed by atoms with van der Waals surface area (Å²) in [5.41, 5.74) is 1.12. The van der Waals surface area contributed by atoms with E-state index < -0.39 is 4.92 Å². The summed E-state index contributed by atoms with van der Waals surface area (Å²) in [4.78, 5) is 33.1. The normalized spacial score (nSPS) is 16.2. The van der Waals surface area contributed by atoms with E-state index in [0.717, 1.165) is 23.5 Å². The molecule has 0 aromatic heterocycles. The van der Waals surface area contributed by atoms with Crippen LogP contribution in [0.1, 0.15) is 12.0 Å². The fourth-order valence-electron chi connectivity index (χ4n) is 2.04. The Morgan fingerprint density at radius 1 is 1.08 bits per heavy atom. The van der Waals surface area contributed by atoms with Crippen molar-refractivity contribution in [3.8, 4) is 0 Å². The van der Waals surface area contributed by atoms with Crippen molar-refractivity contribution in [2.45, 2.75) is 12.8 Å². The summed E-state index contributed by atoms with van der Waals surface area (Å²) in [6, 6.07) is 6.39. The third-order valence-corrected chi connectivity index (χ3v) is 5.75. The van der Waals surface area contributed by atoms with E-state index in [1.54, 1.807) is 12.1 Å². The van der Waals surface area contributed by atoms with Gasteiger partial charge in [0.2, 0.25) is 0 Å². The Hall–Kier alpha value is -1.84. The van der Waals surface area contributed by atoms with Crippen LogP contribution in [0.2, 0.25) is 0 Å². The summed E-state index contributed by atoms with van der Waals surface area (Å²) in [5, 5.41) is 21.1. The highest BCUT2D eigenvalue weighted by Gasteiger charge is 2.32. The number of thioether (sulfide) groups is 2. The van der Waals surface area contributed by atoms with Crippen LogP contribution in [0.4, 0.5) is 5.69 Å². The van der Waals surface area contributed by atoms with E-state index in [2.05, 4.69) is 5.32 Å². The number of nitro groups is 1. The maximum atomic E-state index is 11.0. The standard InChI is InChI=1S/C9H11NO3.C6H5NO2S2/c11-7-1-2-8-3-5-9(6-4-8)10(12)13;8-5-3-4(6(9)7-5)11-2-1-10-3/h3-6,11H,1-2,7H2;1-2H2,(H,7,8,9). The van der Waals surface area contributed by atoms with Crippen LogP contribution in [0, 0.1) is 10.1 Å². The minimum Gasteiger partial charge on any atom is -0.396 e. The minimum absolute atomic E-state index is 0.104. The van der Waals surface area contributed by atoms with Crippen molar-refractivity contribution in [3.63, 3.8) is 0 Å². The average Bonchev–Trinajstić information content (AvgIpc) is 2.89. The summed E-state index contributed by atoms with van der Waals surface area (Å²) >= 11 is 2.94. The second-order valence-electron chi connectivity index (χ2n) is 4.89. The molecule has 1 aromatic carbocycles. The Kier molecular flexibility index (Phi) is 6.83. The number of carbonyl (C=O) groups is 2. The van der Waals surface area contributed by atoms with E-state index in [4.69, 9.17) is 5.11 Å². The van der Waals surface area contributed by atoms with Gasteiger partial charge in [0.1, 0.15) is 0 Å². The zero-order valence-corrected chi connectivity index (χ0v) is 14.3. The van der Waals surface area contributed by atoms with Gasteiger partial charge >= 0.3 is 0 Å². The van der Waals surface area contributed by atoms with Crippen LogP contribution >= 0.6 is 23.5 Å². The van der Waals surface area contributed by atoms with Crippen molar-refractivity contribution in [2.75, 3.05) is 18.1 Å². The van der Waals surface area contributed by atoms with Crippen molar-refractivity contribution in [3.05, 3.63) is 49.8 Å². The molecular weight excluding hydrogens is 352 g/mol. The molecule has 2 heterocycles. The number of imide groups is 1. The van der Waals surface area contributed by atoms with Crippen molar-refractivity contribution in [1.29, 1.82) is 0 Å². The van der Waals surface area contributed by atoms with Crippen molar-refractivity contribution in [2.24, 2.45) is 0 Å². The molecule has 2 amide bonds. The molecule has 0 saturated heterocycles. The molecule has 128 valence electrons. The maximum absolute atomic E-state index is 11.0. The van der Waals surface area contributed by atoms with Gasteiger partial charge in [0.05, 0.1) is 14.7 Å². The first kappa shape index (κ1) is 18.5. The van der Waals surface area contributed by atoms with Gasteiger partial charge in [-0.15, -0.1) is 23.5 Å². The smallest absolute Gasteiger partial charge is 0.269 e. The van der Waals surface area contributed by atoms with Gasteiger partial charge in [-0.3, -0.25) is 25.0 Å². The van der Waals surface area contributed by atoms with Gasteiger partial charge in [-0.2, -0.15) is 0 Å². The molecule has 7 nitrogen and oxygen atoms in total. The number of nitrogens with zero attached hydrogens (tertiary/aromatic N) is 1. The molecule has 9 heteroatoms. The number of non-ortho nitro benzene ring substituents is 1. The van der Waals surface area contributed by atoms with Crippen LogP contribution in [0.3, 0.4) is 0 Å². The second-order valence-corrected chi connectivity index (χ2v) is 7.10. The Labute approximate surface area is 147 Å². The maximum Gasteiger partial charge on any atom is 0.269 e. The molecule has 0 bridgehead atoms. The Bertz CT molecular complexity index is 647. The van der Waals surface area contributed by atoms with E-state index in [9.17, 15) is 19.7 Å². The van der Waals surface area contributed by atoms with Crippen LogP contribution in [-0.2, 0) is 16.0 Å². The first-order valence-electron chi connectivity index (χ1n) is 7.22. The number of hydrogen-bond acceptors (Lipinski definition) is 7. The molecule has 24 heavy (non-hydrogen) atoms. The van der Waals surface area contributed by atoms with Crippen LogP contribution in [0.15, 0.2) is 34.1 Å². The van der Waals surface area contributed by atoms with Gasteiger partial charge in [-0.1, -0.05) is 12.1 Å². The number of aliphatic hydroxyl groups excluding tert-OH is 1. The summed E-state index contributed by atoms with van der Waals surface area (Å²) in [6.45, 7) is 0.150. The topological polar surface area (TPSA) is 110 Å². The van der Waals surface area contributed by atoms with Gasteiger partial charge in [0.25, 0.3) is 17.5 Å². The third kappa shape index (κ3) is 4.83. The highest BCUT2D eigenvalue weighted by molar-refractivity contribution is 8.11. The predicted molar refractivity (Wildman–Crippen MR) is 93.6 cm³/mol. The lowest BCUT2D eigenvalue weighted by Gasteiger charge is -2.07. The number of rotatable bonds is 4.